The van der Waals surface area contributed by atoms with E-state index in [4.69, 9.17) is 4.74 Å². The number of hydrogen-bond acceptors (Lipinski definition) is 4. The molecular formula is C24H29F3N2O4. The lowest BCUT2D eigenvalue weighted by atomic mass is 9.75. The highest BCUT2D eigenvalue weighted by molar-refractivity contribution is 6.11. The number of hydrogen-bond donors (Lipinski definition) is 0. The van der Waals surface area contributed by atoms with E-state index in [1.807, 2.05) is 0 Å². The highest BCUT2D eigenvalue weighted by Crippen LogP contribution is 2.45. The highest BCUT2D eigenvalue weighted by Gasteiger charge is 2.57. The van der Waals surface area contributed by atoms with Crippen LogP contribution in [0.4, 0.5) is 13.2 Å². The number of halogens is 3. The molecule has 0 radical (unpaired) electrons. The van der Waals surface area contributed by atoms with Gasteiger partial charge in [0.25, 0.3) is 0 Å². The zero-order chi connectivity index (χ0) is 23.8. The Bertz CT molecular complexity index is 925. The maximum Gasteiger partial charge on any atom is 0.416 e. The number of nitrogens with zero attached hydrogens (tertiary/aromatic N) is 2. The van der Waals surface area contributed by atoms with Crippen LogP contribution in [-0.2, 0) is 30.7 Å². The van der Waals surface area contributed by atoms with E-state index in [1.165, 1.54) is 21.9 Å². The number of imide groups is 1. The lowest BCUT2D eigenvalue weighted by Crippen LogP contribution is -2.44. The number of ether oxygens (including phenoxy) is 1. The van der Waals surface area contributed by atoms with Crippen LogP contribution in [-0.4, -0.2) is 59.9 Å². The smallest absolute Gasteiger partial charge is 0.378 e. The average Bonchev–Trinajstić information content (AvgIpc) is 3.58. The summed E-state index contributed by atoms with van der Waals surface area (Å²) in [7, 11) is 1.62. The summed E-state index contributed by atoms with van der Waals surface area (Å²) < 4.78 is 45.9. The zero-order valence-corrected chi connectivity index (χ0v) is 18.7. The molecule has 3 amide bonds. The molecule has 1 aromatic carbocycles. The Morgan fingerprint density at radius 1 is 1.21 bits per heavy atom. The van der Waals surface area contributed by atoms with Crippen LogP contribution in [0, 0.1) is 0 Å². The number of amides is 3. The highest BCUT2D eigenvalue weighted by atomic mass is 19.4. The summed E-state index contributed by atoms with van der Waals surface area (Å²) in [6.45, 7) is 1.12. The molecule has 3 aliphatic rings. The van der Waals surface area contributed by atoms with Crippen LogP contribution in [0.2, 0.25) is 0 Å². The Balaban J connectivity index is 1.58. The molecule has 6 nitrogen and oxygen atoms in total. The predicted molar refractivity (Wildman–Crippen MR) is 113 cm³/mol. The second-order valence-corrected chi connectivity index (χ2v) is 9.41. The SMILES string of the molecule is CN(CC[C@H]1CCCCO1)C(=O)C[C@]1(c2cccc(C(F)(F)F)c2)CC(=O)N(C2CC2)C1=O. The fourth-order valence-electron chi connectivity index (χ4n) is 4.81. The van der Waals surface area contributed by atoms with E-state index in [1.54, 1.807) is 7.05 Å². The first-order valence-corrected chi connectivity index (χ1v) is 11.5. The van der Waals surface area contributed by atoms with Gasteiger partial charge in [0.15, 0.2) is 0 Å². The number of rotatable bonds is 7. The number of likely N-dealkylation sites (tertiary alicyclic amines) is 1. The molecule has 9 heteroatoms. The molecule has 3 fully saturated rings. The molecule has 1 aliphatic carbocycles. The summed E-state index contributed by atoms with van der Waals surface area (Å²) in [5, 5.41) is 0. The second-order valence-electron chi connectivity index (χ2n) is 9.41. The van der Waals surface area contributed by atoms with Gasteiger partial charge in [-0.05, 0) is 50.2 Å². The summed E-state index contributed by atoms with van der Waals surface area (Å²) in [4.78, 5) is 42.1. The van der Waals surface area contributed by atoms with Crippen LogP contribution in [0.5, 0.6) is 0 Å². The number of benzene rings is 1. The summed E-state index contributed by atoms with van der Waals surface area (Å²) in [5.74, 6) is -1.36. The van der Waals surface area contributed by atoms with Gasteiger partial charge in [-0.1, -0.05) is 18.2 Å². The molecule has 4 rings (SSSR count). The van der Waals surface area contributed by atoms with Crippen molar-refractivity contribution in [2.24, 2.45) is 0 Å². The van der Waals surface area contributed by atoms with Crippen molar-refractivity contribution in [2.75, 3.05) is 20.2 Å². The third-order valence-electron chi connectivity index (χ3n) is 6.94. The average molecular weight is 467 g/mol. The molecule has 180 valence electrons. The van der Waals surface area contributed by atoms with Gasteiger partial charge in [-0.25, -0.2) is 0 Å². The quantitative estimate of drug-likeness (QED) is 0.575. The number of alkyl halides is 3. The third kappa shape index (κ3) is 4.93. The van der Waals surface area contributed by atoms with Gasteiger partial charge in [-0.3, -0.25) is 19.3 Å². The molecular weight excluding hydrogens is 437 g/mol. The summed E-state index contributed by atoms with van der Waals surface area (Å²) >= 11 is 0. The van der Waals surface area contributed by atoms with Crippen molar-refractivity contribution in [1.29, 1.82) is 0 Å². The van der Waals surface area contributed by atoms with Gasteiger partial charge in [0.05, 0.1) is 17.1 Å². The largest absolute Gasteiger partial charge is 0.416 e. The van der Waals surface area contributed by atoms with Crippen LogP contribution < -0.4 is 0 Å². The minimum Gasteiger partial charge on any atom is -0.378 e. The topological polar surface area (TPSA) is 66.9 Å². The summed E-state index contributed by atoms with van der Waals surface area (Å²) in [5.41, 5.74) is -2.45. The van der Waals surface area contributed by atoms with Gasteiger partial charge >= 0.3 is 6.18 Å². The molecule has 0 spiro atoms. The molecule has 2 saturated heterocycles. The molecule has 0 bridgehead atoms. The molecule has 0 unspecified atom stereocenters. The fraction of sp³-hybridized carbons (Fsp3) is 0.625. The monoisotopic (exact) mass is 466 g/mol. The van der Waals surface area contributed by atoms with Gasteiger partial charge in [0.1, 0.15) is 0 Å². The Kier molecular flexibility index (Phi) is 6.53. The van der Waals surface area contributed by atoms with Crippen molar-refractivity contribution in [3.63, 3.8) is 0 Å². The molecule has 2 aliphatic heterocycles. The minimum atomic E-state index is -4.60. The summed E-state index contributed by atoms with van der Waals surface area (Å²) in [6, 6.07) is 4.26. The van der Waals surface area contributed by atoms with Gasteiger partial charge < -0.3 is 9.64 Å². The van der Waals surface area contributed by atoms with Crippen molar-refractivity contribution in [1.82, 2.24) is 9.80 Å². The standard InChI is InChI=1S/C24H29F3N2O4/c1-28(11-10-19-7-2-3-12-33-19)20(30)14-23(15-21(31)29(22(23)32)18-8-9-18)16-5-4-6-17(13-16)24(25,26)27/h4-6,13,18-19H,2-3,7-12,14-15H2,1H3/t19-,23-/m1/s1. The van der Waals surface area contributed by atoms with Crippen LogP contribution in [0.1, 0.15) is 62.5 Å². The van der Waals surface area contributed by atoms with Crippen LogP contribution in [0.15, 0.2) is 24.3 Å². The van der Waals surface area contributed by atoms with E-state index in [0.29, 0.717) is 32.4 Å². The first-order chi connectivity index (χ1) is 15.6. The Morgan fingerprint density at radius 2 is 1.97 bits per heavy atom. The Morgan fingerprint density at radius 3 is 2.61 bits per heavy atom. The van der Waals surface area contributed by atoms with Crippen molar-refractivity contribution >= 4 is 17.7 Å². The van der Waals surface area contributed by atoms with E-state index in [9.17, 15) is 27.6 Å². The maximum absolute atomic E-state index is 13.5. The Hall–Kier alpha value is -2.42. The first kappa shape index (κ1) is 23.7. The van der Waals surface area contributed by atoms with Gasteiger partial charge in [-0.15, -0.1) is 0 Å². The maximum atomic E-state index is 13.5. The van der Waals surface area contributed by atoms with E-state index >= 15 is 0 Å². The van der Waals surface area contributed by atoms with E-state index in [2.05, 4.69) is 0 Å². The van der Waals surface area contributed by atoms with E-state index in [0.717, 1.165) is 31.4 Å². The molecule has 2 atom stereocenters. The zero-order valence-electron chi connectivity index (χ0n) is 18.7. The van der Waals surface area contributed by atoms with Crippen molar-refractivity contribution in [2.45, 2.75) is 75.1 Å². The summed E-state index contributed by atoms with van der Waals surface area (Å²) in [6.07, 6.45) is -0.103. The molecule has 0 aromatic heterocycles. The number of carbonyl (C=O) groups is 3. The predicted octanol–water partition coefficient (Wildman–Crippen LogP) is 3.67. The molecule has 0 N–H and O–H groups in total. The second kappa shape index (κ2) is 9.08. The third-order valence-corrected chi connectivity index (χ3v) is 6.94. The first-order valence-electron chi connectivity index (χ1n) is 11.5. The lowest BCUT2D eigenvalue weighted by molar-refractivity contribution is -0.143. The van der Waals surface area contributed by atoms with Gasteiger partial charge in [0, 0.05) is 39.1 Å². The van der Waals surface area contributed by atoms with E-state index in [-0.39, 0.29) is 36.5 Å². The molecule has 2 heterocycles. The normalized spacial score (nSPS) is 26.1. The fourth-order valence-corrected chi connectivity index (χ4v) is 4.81. The van der Waals surface area contributed by atoms with Crippen molar-refractivity contribution in [3.8, 4) is 0 Å². The van der Waals surface area contributed by atoms with Crippen LogP contribution >= 0.6 is 0 Å². The van der Waals surface area contributed by atoms with Gasteiger partial charge in [-0.2, -0.15) is 13.2 Å². The molecule has 1 saturated carbocycles. The van der Waals surface area contributed by atoms with Crippen LogP contribution in [0.3, 0.4) is 0 Å². The van der Waals surface area contributed by atoms with Crippen molar-refractivity contribution < 1.29 is 32.3 Å². The Labute approximate surface area is 191 Å². The van der Waals surface area contributed by atoms with Crippen LogP contribution in [0.25, 0.3) is 0 Å². The number of carbonyl (C=O) groups excluding carboxylic acids is 3. The minimum absolute atomic E-state index is 0.0659. The van der Waals surface area contributed by atoms with Gasteiger partial charge in [0.2, 0.25) is 17.7 Å². The molecule has 1 aromatic rings. The lowest BCUT2D eigenvalue weighted by Gasteiger charge is -2.30. The van der Waals surface area contributed by atoms with E-state index < -0.39 is 29.0 Å². The van der Waals surface area contributed by atoms with Crippen molar-refractivity contribution in [3.05, 3.63) is 35.4 Å². The molecule has 33 heavy (non-hydrogen) atoms.